The highest BCUT2D eigenvalue weighted by Crippen LogP contribution is 2.31. The second kappa shape index (κ2) is 9.31. The fourth-order valence-corrected chi connectivity index (χ4v) is 4.46. The molecule has 1 saturated heterocycles. The molecule has 2 N–H and O–H groups in total. The van der Waals surface area contributed by atoms with Crippen LogP contribution in [0.1, 0.15) is 41.2 Å². The molecule has 1 aliphatic heterocycles. The van der Waals surface area contributed by atoms with E-state index in [9.17, 15) is 9.59 Å². The van der Waals surface area contributed by atoms with Crippen molar-refractivity contribution in [2.75, 3.05) is 6.54 Å². The van der Waals surface area contributed by atoms with Crippen molar-refractivity contribution in [3.8, 4) is 22.4 Å². The SMILES string of the molecule is NC(=O)c1ccc(-c2ccc(-c3cn(C(=O)N4CCCCC4c4ccccc4)nn3)cc2)cc1. The number of carbonyl (C=O) groups excluding carboxylic acids is 2. The summed E-state index contributed by atoms with van der Waals surface area (Å²) in [6.07, 6.45) is 4.72. The van der Waals surface area contributed by atoms with Gasteiger partial charge in [-0.25, -0.2) is 4.79 Å². The Bertz CT molecular complexity index is 1300. The number of primary amides is 1. The van der Waals surface area contributed by atoms with Gasteiger partial charge in [0.05, 0.1) is 12.2 Å². The first-order chi connectivity index (χ1) is 16.6. The Morgan fingerprint density at radius 3 is 2.15 bits per heavy atom. The van der Waals surface area contributed by atoms with Crippen LogP contribution < -0.4 is 5.73 Å². The van der Waals surface area contributed by atoms with Gasteiger partial charge in [-0.1, -0.05) is 71.9 Å². The molecule has 0 bridgehead atoms. The molecule has 3 aromatic carbocycles. The summed E-state index contributed by atoms with van der Waals surface area (Å²) >= 11 is 0. The van der Waals surface area contributed by atoms with Gasteiger partial charge in [0.2, 0.25) is 5.91 Å². The number of carbonyl (C=O) groups is 2. The molecule has 7 nitrogen and oxygen atoms in total. The lowest BCUT2D eigenvalue weighted by Gasteiger charge is -2.35. The highest BCUT2D eigenvalue weighted by atomic mass is 16.2. The highest BCUT2D eigenvalue weighted by molar-refractivity contribution is 5.93. The van der Waals surface area contributed by atoms with Crippen molar-refractivity contribution >= 4 is 11.9 Å². The standard InChI is InChI=1S/C27H25N5O2/c28-26(33)23-15-11-20(12-16-23)19-9-13-21(14-10-19)24-18-32(30-29-24)27(34)31-17-5-4-8-25(31)22-6-2-1-3-7-22/h1-3,6-7,9-16,18,25H,4-5,8,17H2,(H2,28,33). The second-order valence-corrected chi connectivity index (χ2v) is 8.47. The van der Waals surface area contributed by atoms with Crippen molar-refractivity contribution in [2.45, 2.75) is 25.3 Å². The molecule has 4 aromatic rings. The van der Waals surface area contributed by atoms with E-state index in [2.05, 4.69) is 22.4 Å². The highest BCUT2D eigenvalue weighted by Gasteiger charge is 2.29. The Balaban J connectivity index is 1.34. The normalized spacial score (nSPS) is 15.8. The van der Waals surface area contributed by atoms with Crippen molar-refractivity contribution in [2.24, 2.45) is 5.73 Å². The van der Waals surface area contributed by atoms with Gasteiger partial charge in [-0.05, 0) is 48.1 Å². The van der Waals surface area contributed by atoms with E-state index >= 15 is 0 Å². The molecule has 0 spiro atoms. The van der Waals surface area contributed by atoms with Crippen LogP contribution in [0.3, 0.4) is 0 Å². The average Bonchev–Trinajstić information content (AvgIpc) is 3.39. The molecule has 34 heavy (non-hydrogen) atoms. The third-order valence-electron chi connectivity index (χ3n) is 6.31. The maximum Gasteiger partial charge on any atom is 0.346 e. The summed E-state index contributed by atoms with van der Waals surface area (Å²) in [6, 6.07) is 25.1. The van der Waals surface area contributed by atoms with Gasteiger partial charge in [0, 0.05) is 17.7 Å². The van der Waals surface area contributed by atoms with E-state index in [-0.39, 0.29) is 12.1 Å². The van der Waals surface area contributed by atoms with Gasteiger partial charge in [-0.2, -0.15) is 4.68 Å². The summed E-state index contributed by atoms with van der Waals surface area (Å²) in [5.41, 5.74) is 10.4. The minimum atomic E-state index is -0.445. The zero-order valence-corrected chi connectivity index (χ0v) is 18.7. The smallest absolute Gasteiger partial charge is 0.346 e. The van der Waals surface area contributed by atoms with Crippen molar-refractivity contribution in [3.05, 3.63) is 96.2 Å². The van der Waals surface area contributed by atoms with E-state index in [0.717, 1.165) is 41.5 Å². The van der Waals surface area contributed by atoms with Gasteiger partial charge in [0.15, 0.2) is 0 Å². The van der Waals surface area contributed by atoms with Crippen molar-refractivity contribution in [3.63, 3.8) is 0 Å². The fourth-order valence-electron chi connectivity index (χ4n) is 4.46. The minimum Gasteiger partial charge on any atom is -0.366 e. The number of nitrogens with zero attached hydrogens (tertiary/aromatic N) is 4. The Kier molecular flexibility index (Phi) is 5.91. The lowest BCUT2D eigenvalue weighted by molar-refractivity contribution is 0.1000. The first-order valence-corrected chi connectivity index (χ1v) is 11.4. The van der Waals surface area contributed by atoms with Crippen LogP contribution in [0.2, 0.25) is 0 Å². The number of piperidine rings is 1. The number of hydrogen-bond acceptors (Lipinski definition) is 4. The largest absolute Gasteiger partial charge is 0.366 e. The molecule has 1 atom stereocenters. The molecule has 0 aliphatic carbocycles. The molecule has 1 unspecified atom stereocenters. The zero-order valence-electron chi connectivity index (χ0n) is 18.7. The van der Waals surface area contributed by atoms with Gasteiger partial charge in [-0.3, -0.25) is 4.79 Å². The van der Waals surface area contributed by atoms with E-state index in [1.54, 1.807) is 18.3 Å². The third kappa shape index (κ3) is 4.32. The van der Waals surface area contributed by atoms with Crippen LogP contribution in [0.15, 0.2) is 85.1 Å². The van der Waals surface area contributed by atoms with Crippen LogP contribution >= 0.6 is 0 Å². The van der Waals surface area contributed by atoms with Crippen molar-refractivity contribution in [1.29, 1.82) is 0 Å². The van der Waals surface area contributed by atoms with Gasteiger partial charge >= 0.3 is 6.03 Å². The molecular weight excluding hydrogens is 426 g/mol. The maximum atomic E-state index is 13.3. The Hall–Kier alpha value is -4.26. The molecule has 170 valence electrons. The lowest BCUT2D eigenvalue weighted by Crippen LogP contribution is -2.41. The molecular formula is C27H25N5O2. The second-order valence-electron chi connectivity index (χ2n) is 8.47. The predicted molar refractivity (Wildman–Crippen MR) is 130 cm³/mol. The van der Waals surface area contributed by atoms with E-state index in [0.29, 0.717) is 17.8 Å². The molecule has 5 rings (SSSR count). The van der Waals surface area contributed by atoms with Crippen LogP contribution in [0, 0.1) is 0 Å². The monoisotopic (exact) mass is 451 g/mol. The summed E-state index contributed by atoms with van der Waals surface area (Å²) in [6.45, 7) is 0.705. The first-order valence-electron chi connectivity index (χ1n) is 11.4. The van der Waals surface area contributed by atoms with Crippen LogP contribution in [0.5, 0.6) is 0 Å². The van der Waals surface area contributed by atoms with Gasteiger partial charge < -0.3 is 10.6 Å². The first kappa shape index (κ1) is 21.6. The lowest BCUT2D eigenvalue weighted by atomic mass is 9.96. The van der Waals surface area contributed by atoms with Crippen LogP contribution in [-0.2, 0) is 0 Å². The van der Waals surface area contributed by atoms with Crippen LogP contribution in [0.25, 0.3) is 22.4 Å². The van der Waals surface area contributed by atoms with Gasteiger partial charge in [-0.15, -0.1) is 5.10 Å². The molecule has 7 heteroatoms. The predicted octanol–water partition coefficient (Wildman–Crippen LogP) is 4.91. The van der Waals surface area contributed by atoms with E-state index in [1.165, 1.54) is 4.68 Å². The summed E-state index contributed by atoms with van der Waals surface area (Å²) in [7, 11) is 0. The molecule has 2 heterocycles. The van der Waals surface area contributed by atoms with E-state index < -0.39 is 5.91 Å². The molecule has 1 aliphatic rings. The number of likely N-dealkylation sites (tertiary alicyclic amines) is 1. The zero-order chi connectivity index (χ0) is 23.5. The fraction of sp³-hybridized carbons (Fsp3) is 0.185. The quantitative estimate of drug-likeness (QED) is 0.477. The number of aromatic nitrogens is 3. The topological polar surface area (TPSA) is 94.1 Å². The minimum absolute atomic E-state index is 0.0512. The Morgan fingerprint density at radius 1 is 0.824 bits per heavy atom. The summed E-state index contributed by atoms with van der Waals surface area (Å²) < 4.78 is 1.34. The Morgan fingerprint density at radius 2 is 1.47 bits per heavy atom. The van der Waals surface area contributed by atoms with Gasteiger partial charge in [0.25, 0.3) is 0 Å². The molecule has 1 fully saturated rings. The summed E-state index contributed by atoms with van der Waals surface area (Å²) in [4.78, 5) is 26.5. The van der Waals surface area contributed by atoms with Crippen molar-refractivity contribution < 1.29 is 9.59 Å². The van der Waals surface area contributed by atoms with Crippen molar-refractivity contribution in [1.82, 2.24) is 19.9 Å². The molecule has 0 saturated carbocycles. The number of hydrogen-bond donors (Lipinski definition) is 1. The van der Waals surface area contributed by atoms with Crippen LogP contribution in [-0.4, -0.2) is 38.4 Å². The Labute approximate surface area is 197 Å². The average molecular weight is 452 g/mol. The number of amides is 2. The molecule has 1 aromatic heterocycles. The number of nitrogens with two attached hydrogens (primary N) is 1. The number of benzene rings is 3. The summed E-state index contributed by atoms with van der Waals surface area (Å²) in [5.74, 6) is -0.445. The van der Waals surface area contributed by atoms with Gasteiger partial charge in [0.1, 0.15) is 5.69 Å². The molecule has 0 radical (unpaired) electrons. The van der Waals surface area contributed by atoms with E-state index in [4.69, 9.17) is 5.73 Å². The number of rotatable bonds is 4. The molecule has 2 amide bonds. The maximum absolute atomic E-state index is 13.3. The van der Waals surface area contributed by atoms with E-state index in [1.807, 2.05) is 59.5 Å². The summed E-state index contributed by atoms with van der Waals surface area (Å²) in [5, 5.41) is 8.38. The van der Waals surface area contributed by atoms with Crippen LogP contribution in [0.4, 0.5) is 4.79 Å². The third-order valence-corrected chi connectivity index (χ3v) is 6.31.